The van der Waals surface area contributed by atoms with Crippen LogP contribution in [0.5, 0.6) is 0 Å². The van der Waals surface area contributed by atoms with E-state index in [9.17, 15) is 9.59 Å². The van der Waals surface area contributed by atoms with Gasteiger partial charge in [0.05, 0.1) is 29.1 Å². The summed E-state index contributed by atoms with van der Waals surface area (Å²) < 4.78 is 0. The van der Waals surface area contributed by atoms with Gasteiger partial charge in [-0.25, -0.2) is 4.98 Å². The van der Waals surface area contributed by atoms with Crippen LogP contribution in [0.1, 0.15) is 24.0 Å². The van der Waals surface area contributed by atoms with E-state index in [4.69, 9.17) is 5.11 Å². The summed E-state index contributed by atoms with van der Waals surface area (Å²) in [6.07, 6.45) is 1.35. The Bertz CT molecular complexity index is 444. The molecule has 0 unspecified atom stereocenters. The minimum atomic E-state index is -0.882. The zero-order valence-corrected chi connectivity index (χ0v) is 10.3. The van der Waals surface area contributed by atoms with Gasteiger partial charge < -0.3 is 10.4 Å². The lowest BCUT2D eigenvalue weighted by Gasteiger charge is -2.01. The van der Waals surface area contributed by atoms with Crippen molar-refractivity contribution in [3.8, 4) is 0 Å². The molecule has 6 heteroatoms. The SMILES string of the molecule is CCc1nc(CNC(=O)[C@@H]2C[C@H]2C(=O)O)cs1. The first-order valence-electron chi connectivity index (χ1n) is 5.55. The minimum absolute atomic E-state index is 0.177. The van der Waals surface area contributed by atoms with Crippen LogP contribution in [-0.4, -0.2) is 22.0 Å². The van der Waals surface area contributed by atoms with Crippen molar-refractivity contribution in [1.29, 1.82) is 0 Å². The van der Waals surface area contributed by atoms with Crippen molar-refractivity contribution in [1.82, 2.24) is 10.3 Å². The van der Waals surface area contributed by atoms with Crippen molar-refractivity contribution in [3.63, 3.8) is 0 Å². The molecule has 2 rings (SSSR count). The Balaban J connectivity index is 1.79. The highest BCUT2D eigenvalue weighted by Gasteiger charge is 2.48. The van der Waals surface area contributed by atoms with Gasteiger partial charge in [0, 0.05) is 5.38 Å². The molecule has 0 aliphatic heterocycles. The highest BCUT2D eigenvalue weighted by atomic mass is 32.1. The molecule has 1 amide bonds. The van der Waals surface area contributed by atoms with Crippen LogP contribution >= 0.6 is 11.3 Å². The number of carbonyl (C=O) groups excluding carboxylic acids is 1. The fraction of sp³-hybridized carbons (Fsp3) is 0.545. The maximum Gasteiger partial charge on any atom is 0.307 e. The zero-order chi connectivity index (χ0) is 12.4. The van der Waals surface area contributed by atoms with E-state index >= 15 is 0 Å². The Morgan fingerprint density at radius 1 is 1.59 bits per heavy atom. The molecule has 1 aliphatic carbocycles. The number of nitrogens with zero attached hydrogens (tertiary/aromatic N) is 1. The number of hydrogen-bond donors (Lipinski definition) is 2. The third-order valence-corrected chi connectivity index (χ3v) is 3.83. The van der Waals surface area contributed by atoms with Crippen LogP contribution in [0, 0.1) is 11.8 Å². The first-order valence-corrected chi connectivity index (χ1v) is 6.43. The van der Waals surface area contributed by atoms with Crippen LogP contribution < -0.4 is 5.32 Å². The molecule has 1 fully saturated rings. The van der Waals surface area contributed by atoms with Crippen LogP contribution in [0.25, 0.3) is 0 Å². The molecule has 1 aliphatic rings. The molecule has 2 atom stereocenters. The van der Waals surface area contributed by atoms with Gasteiger partial charge in [-0.3, -0.25) is 9.59 Å². The summed E-state index contributed by atoms with van der Waals surface area (Å²) in [5.74, 6) is -1.90. The number of aryl methyl sites for hydroxylation is 1. The Kier molecular flexibility index (Phi) is 3.42. The molecular weight excluding hydrogens is 240 g/mol. The number of hydrogen-bond acceptors (Lipinski definition) is 4. The van der Waals surface area contributed by atoms with Crippen molar-refractivity contribution < 1.29 is 14.7 Å². The van der Waals surface area contributed by atoms with E-state index < -0.39 is 11.9 Å². The lowest BCUT2D eigenvalue weighted by molar-refractivity contribution is -0.140. The number of carboxylic acids is 1. The summed E-state index contributed by atoms with van der Waals surface area (Å²) in [6.45, 7) is 2.42. The average molecular weight is 254 g/mol. The van der Waals surface area contributed by atoms with Gasteiger partial charge in [-0.05, 0) is 12.8 Å². The van der Waals surface area contributed by atoms with Crippen molar-refractivity contribution in [2.45, 2.75) is 26.3 Å². The molecule has 0 bridgehead atoms. The largest absolute Gasteiger partial charge is 0.481 e. The molecule has 5 nitrogen and oxygen atoms in total. The first kappa shape index (κ1) is 12.0. The number of aromatic nitrogens is 1. The number of rotatable bonds is 5. The summed E-state index contributed by atoms with van der Waals surface area (Å²) >= 11 is 1.57. The quantitative estimate of drug-likeness (QED) is 0.823. The van der Waals surface area contributed by atoms with E-state index in [0.29, 0.717) is 13.0 Å². The predicted molar refractivity (Wildman–Crippen MR) is 62.6 cm³/mol. The molecule has 17 heavy (non-hydrogen) atoms. The number of nitrogens with one attached hydrogen (secondary N) is 1. The van der Waals surface area contributed by atoms with Crippen molar-refractivity contribution in [3.05, 3.63) is 16.1 Å². The molecule has 0 spiro atoms. The highest BCUT2D eigenvalue weighted by molar-refractivity contribution is 7.09. The first-order chi connectivity index (χ1) is 8.11. The molecule has 1 saturated carbocycles. The zero-order valence-electron chi connectivity index (χ0n) is 9.47. The molecule has 0 radical (unpaired) electrons. The lowest BCUT2D eigenvalue weighted by atomic mass is 10.3. The standard InChI is InChI=1S/C11H14N2O3S/c1-2-9-13-6(5-17-9)4-12-10(14)7-3-8(7)11(15)16/h5,7-8H,2-4H2,1H3,(H,12,14)(H,15,16)/t7-,8-/m1/s1. The number of thiazole rings is 1. The van der Waals surface area contributed by atoms with Crippen LogP contribution in [0.15, 0.2) is 5.38 Å². The Hall–Kier alpha value is -1.43. The maximum absolute atomic E-state index is 11.6. The molecule has 92 valence electrons. The molecule has 1 aromatic rings. The molecule has 1 aromatic heterocycles. The number of aliphatic carboxylic acids is 1. The molecule has 1 heterocycles. The van der Waals surface area contributed by atoms with Crippen molar-refractivity contribution >= 4 is 23.2 Å². The molecular formula is C11H14N2O3S. The summed E-state index contributed by atoms with van der Waals surface area (Å²) in [4.78, 5) is 26.5. The average Bonchev–Trinajstić information content (AvgIpc) is 2.99. The van der Waals surface area contributed by atoms with Crippen molar-refractivity contribution in [2.24, 2.45) is 11.8 Å². The number of carbonyl (C=O) groups is 2. The third-order valence-electron chi connectivity index (χ3n) is 2.79. The molecule has 0 saturated heterocycles. The third kappa shape index (κ3) is 2.82. The Morgan fingerprint density at radius 2 is 2.35 bits per heavy atom. The van der Waals surface area contributed by atoms with E-state index in [2.05, 4.69) is 10.3 Å². The second-order valence-corrected chi connectivity index (χ2v) is 5.03. The van der Waals surface area contributed by atoms with E-state index in [0.717, 1.165) is 17.1 Å². The Labute approximate surface area is 103 Å². The van der Waals surface area contributed by atoms with Gasteiger partial charge in [0.15, 0.2) is 0 Å². The highest BCUT2D eigenvalue weighted by Crippen LogP contribution is 2.38. The topological polar surface area (TPSA) is 79.3 Å². The van der Waals surface area contributed by atoms with E-state index in [1.54, 1.807) is 11.3 Å². The fourth-order valence-corrected chi connectivity index (χ4v) is 2.40. The molecule has 2 N–H and O–H groups in total. The van der Waals surface area contributed by atoms with Gasteiger partial charge >= 0.3 is 5.97 Å². The van der Waals surface area contributed by atoms with Crippen LogP contribution in [0.4, 0.5) is 0 Å². The summed E-state index contributed by atoms with van der Waals surface area (Å²) in [6, 6.07) is 0. The molecule has 0 aromatic carbocycles. The second kappa shape index (κ2) is 4.83. The van der Waals surface area contributed by atoms with Gasteiger partial charge in [-0.2, -0.15) is 0 Å². The number of amides is 1. The second-order valence-electron chi connectivity index (χ2n) is 4.09. The van der Waals surface area contributed by atoms with Crippen LogP contribution in [0.3, 0.4) is 0 Å². The van der Waals surface area contributed by atoms with Gasteiger partial charge in [-0.15, -0.1) is 11.3 Å². The van der Waals surface area contributed by atoms with Crippen molar-refractivity contribution in [2.75, 3.05) is 0 Å². The minimum Gasteiger partial charge on any atom is -0.481 e. The monoisotopic (exact) mass is 254 g/mol. The van der Waals surface area contributed by atoms with Crippen LogP contribution in [0.2, 0.25) is 0 Å². The van der Waals surface area contributed by atoms with E-state index in [1.165, 1.54) is 0 Å². The van der Waals surface area contributed by atoms with Gasteiger partial charge in [0.25, 0.3) is 0 Å². The van der Waals surface area contributed by atoms with Gasteiger partial charge in [0.1, 0.15) is 0 Å². The fourth-order valence-electron chi connectivity index (χ4n) is 1.66. The predicted octanol–water partition coefficient (Wildman–Crippen LogP) is 1.04. The maximum atomic E-state index is 11.6. The summed E-state index contributed by atoms with van der Waals surface area (Å²) in [5.41, 5.74) is 0.840. The van der Waals surface area contributed by atoms with Gasteiger partial charge in [-0.1, -0.05) is 6.92 Å². The lowest BCUT2D eigenvalue weighted by Crippen LogP contribution is -2.26. The van der Waals surface area contributed by atoms with E-state index in [1.807, 2.05) is 12.3 Å². The normalized spacial score (nSPS) is 22.2. The van der Waals surface area contributed by atoms with E-state index in [-0.39, 0.29) is 11.8 Å². The smallest absolute Gasteiger partial charge is 0.307 e. The summed E-state index contributed by atoms with van der Waals surface area (Å²) in [7, 11) is 0. The van der Waals surface area contributed by atoms with Gasteiger partial charge in [0.2, 0.25) is 5.91 Å². The van der Waals surface area contributed by atoms with Crippen LogP contribution in [-0.2, 0) is 22.6 Å². The summed E-state index contributed by atoms with van der Waals surface area (Å²) in [5, 5.41) is 14.4. The number of carboxylic acid groups (broad SMARTS) is 1. The Morgan fingerprint density at radius 3 is 2.88 bits per heavy atom.